The van der Waals surface area contributed by atoms with Crippen LogP contribution in [0.4, 0.5) is 5.82 Å². The van der Waals surface area contributed by atoms with Crippen molar-refractivity contribution in [3.63, 3.8) is 0 Å². The number of hydrogen-bond donors (Lipinski definition) is 0. The lowest BCUT2D eigenvalue weighted by molar-refractivity contribution is 0.413. The van der Waals surface area contributed by atoms with Crippen LogP contribution in [0.25, 0.3) is 5.65 Å². The fraction of sp³-hybridized carbons (Fsp3) is 0.273. The summed E-state index contributed by atoms with van der Waals surface area (Å²) in [7, 11) is 1.58. The lowest BCUT2D eigenvalue weighted by Gasteiger charge is -2.30. The average Bonchev–Trinajstić information content (AvgIpc) is 3.25. The minimum Gasteiger partial charge on any atom is -0.495 e. The number of benzene rings is 1. The first-order valence-corrected chi connectivity index (χ1v) is 10.3. The maximum Gasteiger partial charge on any atom is 0.180 e. The zero-order chi connectivity index (χ0) is 21.5. The molecule has 1 aliphatic rings. The van der Waals surface area contributed by atoms with Crippen molar-refractivity contribution < 1.29 is 9.47 Å². The second-order valence-electron chi connectivity index (χ2n) is 7.52. The number of hydrogen-bond acceptors (Lipinski definition) is 7. The topological polar surface area (TPSA) is 77.7 Å². The number of aryl methyl sites for hydroxylation is 1. The highest BCUT2D eigenvalue weighted by atomic mass is 35.5. The predicted octanol–water partition coefficient (Wildman–Crippen LogP) is 4.15. The summed E-state index contributed by atoms with van der Waals surface area (Å²) in [6.45, 7) is 5.67. The van der Waals surface area contributed by atoms with Crippen LogP contribution in [-0.4, -0.2) is 38.4 Å². The molecule has 1 aromatic carbocycles. The molecule has 158 valence electrons. The first-order chi connectivity index (χ1) is 15.0. The highest BCUT2D eigenvalue weighted by Crippen LogP contribution is 2.33. The molecule has 9 heteroatoms. The molecule has 31 heavy (non-hydrogen) atoms. The lowest BCUT2D eigenvalue weighted by Crippen LogP contribution is -2.32. The molecular formula is C22H21ClN6O2. The molecule has 4 heterocycles. The van der Waals surface area contributed by atoms with E-state index < -0.39 is 0 Å². The summed E-state index contributed by atoms with van der Waals surface area (Å²) < 4.78 is 12.9. The smallest absolute Gasteiger partial charge is 0.180 e. The summed E-state index contributed by atoms with van der Waals surface area (Å²) >= 11 is 6.21. The molecule has 0 amide bonds. The van der Waals surface area contributed by atoms with Crippen LogP contribution in [0.1, 0.15) is 22.4 Å². The van der Waals surface area contributed by atoms with Gasteiger partial charge >= 0.3 is 0 Å². The van der Waals surface area contributed by atoms with Gasteiger partial charge in [-0.2, -0.15) is 4.52 Å². The van der Waals surface area contributed by atoms with Crippen LogP contribution in [0.15, 0.2) is 36.8 Å². The summed E-state index contributed by atoms with van der Waals surface area (Å²) in [6, 6.07) is 7.37. The summed E-state index contributed by atoms with van der Waals surface area (Å²) in [6.07, 6.45) is 4.23. The first-order valence-electron chi connectivity index (χ1n) is 9.95. The third-order valence-corrected chi connectivity index (χ3v) is 5.93. The van der Waals surface area contributed by atoms with Gasteiger partial charge in [0.2, 0.25) is 0 Å². The van der Waals surface area contributed by atoms with Gasteiger partial charge in [0.15, 0.2) is 11.5 Å². The zero-order valence-corrected chi connectivity index (χ0v) is 18.2. The van der Waals surface area contributed by atoms with E-state index in [4.69, 9.17) is 26.2 Å². The third kappa shape index (κ3) is 3.53. The van der Waals surface area contributed by atoms with Crippen LogP contribution in [0, 0.1) is 13.8 Å². The Bertz CT molecular complexity index is 1290. The molecule has 0 saturated heterocycles. The van der Waals surface area contributed by atoms with E-state index in [1.54, 1.807) is 36.3 Å². The quantitative estimate of drug-likeness (QED) is 0.475. The Morgan fingerprint density at radius 2 is 1.97 bits per heavy atom. The predicted molar refractivity (Wildman–Crippen MR) is 117 cm³/mol. The van der Waals surface area contributed by atoms with Crippen molar-refractivity contribution in [2.45, 2.75) is 26.8 Å². The molecular weight excluding hydrogens is 416 g/mol. The van der Waals surface area contributed by atoms with E-state index in [1.807, 2.05) is 12.1 Å². The number of methoxy groups -OCH3 is 1. The fourth-order valence-electron chi connectivity index (χ4n) is 3.85. The van der Waals surface area contributed by atoms with Gasteiger partial charge in [-0.05, 0) is 37.6 Å². The molecule has 0 fully saturated rings. The minimum atomic E-state index is 0.499. The molecule has 0 aliphatic carbocycles. The zero-order valence-electron chi connectivity index (χ0n) is 17.5. The number of ether oxygens (including phenoxy) is 2. The average molecular weight is 437 g/mol. The van der Waals surface area contributed by atoms with Crippen LogP contribution in [0.5, 0.6) is 17.2 Å². The molecule has 3 aromatic heterocycles. The van der Waals surface area contributed by atoms with Crippen LogP contribution >= 0.6 is 11.6 Å². The molecule has 0 N–H and O–H groups in total. The number of aromatic nitrogens is 5. The highest BCUT2D eigenvalue weighted by Gasteiger charge is 2.23. The number of nitrogens with zero attached hydrogens (tertiary/aromatic N) is 6. The fourth-order valence-corrected chi connectivity index (χ4v) is 4.10. The Labute approximate surface area is 184 Å². The second kappa shape index (κ2) is 7.70. The van der Waals surface area contributed by atoms with Crippen molar-refractivity contribution >= 4 is 23.1 Å². The largest absolute Gasteiger partial charge is 0.495 e. The van der Waals surface area contributed by atoms with Gasteiger partial charge in [0.05, 0.1) is 18.3 Å². The number of anilines is 1. The van der Waals surface area contributed by atoms with E-state index in [2.05, 4.69) is 33.9 Å². The number of pyridine rings is 1. The number of rotatable bonds is 4. The van der Waals surface area contributed by atoms with Crippen LogP contribution in [-0.2, 0) is 13.0 Å². The molecule has 0 saturated carbocycles. The van der Waals surface area contributed by atoms with Crippen molar-refractivity contribution in [1.82, 2.24) is 24.8 Å². The van der Waals surface area contributed by atoms with Crippen LogP contribution in [0.3, 0.4) is 0 Å². The van der Waals surface area contributed by atoms with E-state index in [1.165, 1.54) is 0 Å². The highest BCUT2D eigenvalue weighted by molar-refractivity contribution is 6.32. The van der Waals surface area contributed by atoms with Crippen molar-refractivity contribution in [3.8, 4) is 17.2 Å². The summed E-state index contributed by atoms with van der Waals surface area (Å²) in [4.78, 5) is 6.89. The van der Waals surface area contributed by atoms with Gasteiger partial charge in [0.25, 0.3) is 0 Å². The maximum atomic E-state index is 6.21. The molecule has 0 spiro atoms. The second-order valence-corrected chi connectivity index (χ2v) is 7.93. The normalized spacial score (nSPS) is 13.4. The van der Waals surface area contributed by atoms with Gasteiger partial charge in [0.1, 0.15) is 23.6 Å². The Morgan fingerprint density at radius 1 is 1.10 bits per heavy atom. The number of fused-ring (bicyclic) bond motifs is 2. The molecule has 0 radical (unpaired) electrons. The molecule has 4 aromatic rings. The maximum absolute atomic E-state index is 6.21. The molecule has 0 bridgehead atoms. The van der Waals surface area contributed by atoms with Gasteiger partial charge < -0.3 is 14.4 Å². The van der Waals surface area contributed by atoms with E-state index in [0.717, 1.165) is 46.8 Å². The monoisotopic (exact) mass is 436 g/mol. The van der Waals surface area contributed by atoms with E-state index in [-0.39, 0.29) is 0 Å². The van der Waals surface area contributed by atoms with Crippen molar-refractivity contribution in [2.75, 3.05) is 18.6 Å². The Kier molecular flexibility index (Phi) is 4.86. The lowest BCUT2D eigenvalue weighted by atomic mass is 10.0. The van der Waals surface area contributed by atoms with Crippen molar-refractivity contribution in [1.29, 1.82) is 0 Å². The van der Waals surface area contributed by atoms with Gasteiger partial charge in [-0.25, -0.2) is 0 Å². The van der Waals surface area contributed by atoms with Gasteiger partial charge in [-0.1, -0.05) is 11.6 Å². The first kappa shape index (κ1) is 19.6. The summed E-state index contributed by atoms with van der Waals surface area (Å²) in [5.41, 5.74) is 5.17. The molecule has 0 atom stereocenters. The molecule has 0 unspecified atom stereocenters. The van der Waals surface area contributed by atoms with E-state index in [9.17, 15) is 0 Å². The van der Waals surface area contributed by atoms with Crippen LogP contribution < -0.4 is 14.4 Å². The molecule has 1 aliphatic heterocycles. The minimum absolute atomic E-state index is 0.499. The Hall–Kier alpha value is -3.39. The molecule has 8 nitrogen and oxygen atoms in total. The van der Waals surface area contributed by atoms with Crippen LogP contribution in [0.2, 0.25) is 5.02 Å². The van der Waals surface area contributed by atoms with Crippen molar-refractivity contribution in [2.24, 2.45) is 0 Å². The Balaban J connectivity index is 1.42. The summed E-state index contributed by atoms with van der Waals surface area (Å²) in [5.74, 6) is 2.84. The molecule has 5 rings (SSSR count). The van der Waals surface area contributed by atoms with E-state index >= 15 is 0 Å². The Morgan fingerprint density at radius 3 is 2.77 bits per heavy atom. The van der Waals surface area contributed by atoms with Gasteiger partial charge in [0, 0.05) is 42.4 Å². The summed E-state index contributed by atoms with van der Waals surface area (Å²) in [5, 5.41) is 13.4. The standard InChI is InChI=1S/C22H21ClN6O2/c1-13-14(2)22(27-29-12-25-26-21(13)29)28-7-6-19-15(11-28)8-17(10-24-19)31-16-4-5-20(30-3)18(23)9-16/h4-5,8-10,12H,6-7,11H2,1-3H3. The SMILES string of the molecule is COc1ccc(Oc2cnc3c(c2)CN(c2nn4cnnc4c(C)c2C)CC3)cc1Cl. The van der Waals surface area contributed by atoms with Crippen molar-refractivity contribution in [3.05, 3.63) is 64.2 Å². The third-order valence-electron chi connectivity index (χ3n) is 5.64. The number of halogens is 1. The van der Waals surface area contributed by atoms with E-state index in [0.29, 0.717) is 28.8 Å². The van der Waals surface area contributed by atoms with Gasteiger partial charge in [-0.3, -0.25) is 4.98 Å². The van der Waals surface area contributed by atoms with Gasteiger partial charge in [-0.15, -0.1) is 15.3 Å².